The number of nitrogens with one attached hydrogen (secondary N) is 1. The minimum absolute atomic E-state index is 0.164. The molecule has 0 aromatic heterocycles. The molecule has 1 rings (SSSR count). The summed E-state index contributed by atoms with van der Waals surface area (Å²) in [4.78, 5) is 0.208. The van der Waals surface area contributed by atoms with Crippen molar-refractivity contribution in [3.8, 4) is 0 Å². The normalized spacial score (nSPS) is 13.7. The molecule has 1 atom stereocenters. The van der Waals surface area contributed by atoms with Crippen LogP contribution in [0.3, 0.4) is 0 Å². The Morgan fingerprint density at radius 1 is 1.26 bits per heavy atom. The van der Waals surface area contributed by atoms with E-state index in [0.717, 1.165) is 13.0 Å². The van der Waals surface area contributed by atoms with Crippen LogP contribution >= 0.6 is 0 Å². The quantitative estimate of drug-likeness (QED) is 0.439. The molecule has 0 aliphatic rings. The number of aliphatic hydroxyl groups is 1. The Morgan fingerprint density at radius 3 is 2.35 bits per heavy atom. The summed E-state index contributed by atoms with van der Waals surface area (Å²) in [5.74, 6) is 0.164. The van der Waals surface area contributed by atoms with Crippen LogP contribution in [0.5, 0.6) is 0 Å². The average molecular weight is 343 g/mol. The van der Waals surface area contributed by atoms with Crippen molar-refractivity contribution in [3.63, 3.8) is 0 Å². The molecule has 0 saturated heterocycles. The fourth-order valence-electron chi connectivity index (χ4n) is 2.42. The van der Waals surface area contributed by atoms with Crippen LogP contribution in [0.15, 0.2) is 29.2 Å². The standard InChI is InChI=1S/C16H29N3O3S/c1-13(2)11-19(15(12-20)5-4-10-18-3)23(21,22)16-8-6-14(17)7-9-16/h6-9,13,15,18,20H,4-5,10-12,17H2,1-3H3/t15-/m0/s1. The van der Waals surface area contributed by atoms with Gasteiger partial charge < -0.3 is 16.2 Å². The van der Waals surface area contributed by atoms with Gasteiger partial charge in [0.2, 0.25) is 10.0 Å². The molecule has 4 N–H and O–H groups in total. The molecule has 6 nitrogen and oxygen atoms in total. The third kappa shape index (κ3) is 5.76. The van der Waals surface area contributed by atoms with Crippen LogP contribution in [0.2, 0.25) is 0 Å². The summed E-state index contributed by atoms with van der Waals surface area (Å²) in [5.41, 5.74) is 6.16. The summed E-state index contributed by atoms with van der Waals surface area (Å²) in [6.45, 7) is 4.90. The SMILES string of the molecule is CNCCC[C@@H](CO)N(CC(C)C)S(=O)(=O)c1ccc(N)cc1. The molecule has 23 heavy (non-hydrogen) atoms. The summed E-state index contributed by atoms with van der Waals surface area (Å²) in [7, 11) is -1.81. The Kier molecular flexibility index (Phi) is 7.98. The fraction of sp³-hybridized carbons (Fsp3) is 0.625. The molecule has 0 aliphatic carbocycles. The zero-order chi connectivity index (χ0) is 17.5. The van der Waals surface area contributed by atoms with Crippen LogP contribution in [0.1, 0.15) is 26.7 Å². The predicted molar refractivity (Wildman–Crippen MR) is 93.6 cm³/mol. The number of benzene rings is 1. The van der Waals surface area contributed by atoms with Gasteiger partial charge in [-0.3, -0.25) is 0 Å². The second-order valence-corrected chi connectivity index (χ2v) is 8.01. The van der Waals surface area contributed by atoms with E-state index in [9.17, 15) is 13.5 Å². The minimum atomic E-state index is -3.66. The molecule has 0 fully saturated rings. The lowest BCUT2D eigenvalue weighted by atomic mass is 10.1. The maximum absolute atomic E-state index is 13.0. The van der Waals surface area contributed by atoms with Crippen LogP contribution in [0.4, 0.5) is 5.69 Å². The lowest BCUT2D eigenvalue weighted by molar-refractivity contribution is 0.168. The third-order valence-corrected chi connectivity index (χ3v) is 5.55. The number of nitrogens with zero attached hydrogens (tertiary/aromatic N) is 1. The van der Waals surface area contributed by atoms with Gasteiger partial charge in [0.15, 0.2) is 0 Å². The molecule has 0 unspecified atom stereocenters. The summed E-state index contributed by atoms with van der Waals surface area (Å²) in [6, 6.07) is 5.76. The van der Waals surface area contributed by atoms with Crippen molar-refractivity contribution in [1.29, 1.82) is 0 Å². The lowest BCUT2D eigenvalue weighted by Gasteiger charge is -2.31. The number of hydrogen-bond donors (Lipinski definition) is 3. The van der Waals surface area contributed by atoms with Crippen molar-refractivity contribution in [1.82, 2.24) is 9.62 Å². The molecule has 0 radical (unpaired) electrons. The zero-order valence-corrected chi connectivity index (χ0v) is 15.0. The molecule has 0 aliphatic heterocycles. The summed E-state index contributed by atoms with van der Waals surface area (Å²) in [5, 5.41) is 12.8. The Morgan fingerprint density at radius 2 is 1.87 bits per heavy atom. The number of aliphatic hydroxyl groups excluding tert-OH is 1. The number of rotatable bonds is 10. The van der Waals surface area contributed by atoms with Gasteiger partial charge >= 0.3 is 0 Å². The van der Waals surface area contributed by atoms with Gasteiger partial charge in [0, 0.05) is 18.3 Å². The van der Waals surface area contributed by atoms with Gasteiger partial charge in [-0.05, 0) is 56.6 Å². The van der Waals surface area contributed by atoms with Gasteiger partial charge in [-0.1, -0.05) is 13.8 Å². The molecule has 0 bridgehead atoms. The molecule has 1 aromatic carbocycles. The molecule has 0 amide bonds. The van der Waals surface area contributed by atoms with Gasteiger partial charge in [0.1, 0.15) is 0 Å². The van der Waals surface area contributed by atoms with Gasteiger partial charge in [-0.25, -0.2) is 8.42 Å². The Labute approximate surface area is 139 Å². The Hall–Kier alpha value is -1.15. The van der Waals surface area contributed by atoms with Gasteiger partial charge in [0.25, 0.3) is 0 Å². The molecule has 132 valence electrons. The van der Waals surface area contributed by atoms with E-state index in [0.29, 0.717) is 18.7 Å². The monoisotopic (exact) mass is 343 g/mol. The van der Waals surface area contributed by atoms with Crippen molar-refractivity contribution in [2.45, 2.75) is 37.6 Å². The van der Waals surface area contributed by atoms with E-state index in [1.165, 1.54) is 16.4 Å². The van der Waals surface area contributed by atoms with Gasteiger partial charge in [0.05, 0.1) is 11.5 Å². The van der Waals surface area contributed by atoms with E-state index in [1.54, 1.807) is 12.1 Å². The van der Waals surface area contributed by atoms with Crippen molar-refractivity contribution in [2.75, 3.05) is 32.5 Å². The Bertz CT molecular complexity index is 558. The maximum Gasteiger partial charge on any atom is 0.243 e. The minimum Gasteiger partial charge on any atom is -0.399 e. The summed E-state index contributed by atoms with van der Waals surface area (Å²) in [6.07, 6.45) is 1.41. The number of anilines is 1. The first-order chi connectivity index (χ1) is 10.8. The average Bonchev–Trinajstić information content (AvgIpc) is 2.50. The third-order valence-electron chi connectivity index (χ3n) is 3.61. The zero-order valence-electron chi connectivity index (χ0n) is 14.2. The van der Waals surface area contributed by atoms with Crippen LogP contribution in [-0.2, 0) is 10.0 Å². The fourth-order valence-corrected chi connectivity index (χ4v) is 4.23. The van der Waals surface area contributed by atoms with Crippen LogP contribution < -0.4 is 11.1 Å². The first-order valence-electron chi connectivity index (χ1n) is 7.95. The highest BCUT2D eigenvalue weighted by atomic mass is 32.2. The molecule has 0 heterocycles. The predicted octanol–water partition coefficient (Wildman–Crippen LogP) is 1.28. The van der Waals surface area contributed by atoms with E-state index >= 15 is 0 Å². The van der Waals surface area contributed by atoms with Crippen molar-refractivity contribution in [3.05, 3.63) is 24.3 Å². The largest absolute Gasteiger partial charge is 0.399 e. The second kappa shape index (κ2) is 9.22. The van der Waals surface area contributed by atoms with Crippen molar-refractivity contribution >= 4 is 15.7 Å². The highest BCUT2D eigenvalue weighted by molar-refractivity contribution is 7.89. The van der Waals surface area contributed by atoms with Crippen LogP contribution in [0.25, 0.3) is 0 Å². The highest BCUT2D eigenvalue weighted by Gasteiger charge is 2.31. The van der Waals surface area contributed by atoms with E-state index in [4.69, 9.17) is 5.73 Å². The first-order valence-corrected chi connectivity index (χ1v) is 9.39. The van der Waals surface area contributed by atoms with E-state index in [1.807, 2.05) is 20.9 Å². The van der Waals surface area contributed by atoms with Crippen LogP contribution in [-0.4, -0.2) is 50.6 Å². The number of sulfonamides is 1. The number of nitrogen functional groups attached to an aromatic ring is 1. The summed E-state index contributed by atoms with van der Waals surface area (Å²) >= 11 is 0. The number of hydrogen-bond acceptors (Lipinski definition) is 5. The number of nitrogens with two attached hydrogens (primary N) is 1. The molecule has 7 heteroatoms. The topological polar surface area (TPSA) is 95.7 Å². The van der Waals surface area contributed by atoms with E-state index in [-0.39, 0.29) is 17.4 Å². The molecule has 1 aromatic rings. The van der Waals surface area contributed by atoms with Crippen molar-refractivity contribution < 1.29 is 13.5 Å². The smallest absolute Gasteiger partial charge is 0.243 e. The summed E-state index contributed by atoms with van der Waals surface area (Å²) < 4.78 is 27.4. The second-order valence-electron chi connectivity index (χ2n) is 6.12. The lowest BCUT2D eigenvalue weighted by Crippen LogP contribution is -2.44. The first kappa shape index (κ1) is 19.9. The Balaban J connectivity index is 3.09. The molecular formula is C16H29N3O3S. The van der Waals surface area contributed by atoms with E-state index in [2.05, 4.69) is 5.32 Å². The molecular weight excluding hydrogens is 314 g/mol. The molecule has 0 spiro atoms. The van der Waals surface area contributed by atoms with Gasteiger partial charge in [-0.2, -0.15) is 4.31 Å². The van der Waals surface area contributed by atoms with Crippen LogP contribution in [0, 0.1) is 5.92 Å². The van der Waals surface area contributed by atoms with Gasteiger partial charge in [-0.15, -0.1) is 0 Å². The van der Waals surface area contributed by atoms with Crippen molar-refractivity contribution in [2.24, 2.45) is 5.92 Å². The van der Waals surface area contributed by atoms with E-state index < -0.39 is 16.1 Å². The maximum atomic E-state index is 13.0. The molecule has 0 saturated carbocycles. The highest BCUT2D eigenvalue weighted by Crippen LogP contribution is 2.22.